The van der Waals surface area contributed by atoms with E-state index >= 15 is 0 Å². The van der Waals surface area contributed by atoms with Crippen LogP contribution in [0.5, 0.6) is 5.75 Å². The van der Waals surface area contributed by atoms with E-state index in [1.807, 2.05) is 0 Å². The Hall–Kier alpha value is -2.93. The normalized spacial score (nSPS) is 10.5. The van der Waals surface area contributed by atoms with Crippen molar-refractivity contribution in [2.45, 2.75) is 0 Å². The maximum atomic E-state index is 12.3. The van der Waals surface area contributed by atoms with Crippen LogP contribution in [0, 0.1) is 10.1 Å². The molecule has 7 heteroatoms. The molecule has 1 aromatic heterocycles. The zero-order chi connectivity index (χ0) is 16.4. The number of nitro groups is 1. The Labute approximate surface area is 135 Å². The number of anilines is 1. The highest BCUT2D eigenvalue weighted by atomic mass is 32.1. The largest absolute Gasteiger partial charge is 0.497 e. The topological polar surface area (TPSA) is 81.5 Å². The van der Waals surface area contributed by atoms with Gasteiger partial charge in [0, 0.05) is 34.0 Å². The lowest BCUT2D eigenvalue weighted by Crippen LogP contribution is -2.09. The minimum atomic E-state index is -0.451. The first-order valence-electron chi connectivity index (χ1n) is 6.70. The molecule has 3 aromatic rings. The van der Waals surface area contributed by atoms with Crippen LogP contribution in [0.1, 0.15) is 9.67 Å². The number of amides is 1. The molecule has 0 atom stereocenters. The molecule has 0 aliphatic carbocycles. The van der Waals surface area contributed by atoms with Crippen molar-refractivity contribution in [3.05, 3.63) is 63.5 Å². The van der Waals surface area contributed by atoms with Gasteiger partial charge in [-0.3, -0.25) is 14.9 Å². The zero-order valence-corrected chi connectivity index (χ0v) is 12.9. The summed E-state index contributed by atoms with van der Waals surface area (Å²) in [7, 11) is 1.56. The van der Waals surface area contributed by atoms with E-state index in [-0.39, 0.29) is 11.6 Å². The first-order chi connectivity index (χ1) is 11.1. The highest BCUT2D eigenvalue weighted by molar-refractivity contribution is 7.20. The molecule has 0 aliphatic heterocycles. The molecule has 1 heterocycles. The van der Waals surface area contributed by atoms with Gasteiger partial charge in [0.15, 0.2) is 0 Å². The first-order valence-corrected chi connectivity index (χ1v) is 7.52. The predicted octanol–water partition coefficient (Wildman–Crippen LogP) is 4.07. The van der Waals surface area contributed by atoms with Crippen LogP contribution >= 0.6 is 11.3 Å². The summed E-state index contributed by atoms with van der Waals surface area (Å²) in [4.78, 5) is 23.2. The molecule has 1 N–H and O–H groups in total. The molecule has 6 nitrogen and oxygen atoms in total. The van der Waals surface area contributed by atoms with Crippen molar-refractivity contribution >= 4 is 38.7 Å². The van der Waals surface area contributed by atoms with E-state index in [0.29, 0.717) is 21.7 Å². The Morgan fingerprint density at radius 1 is 1.22 bits per heavy atom. The highest BCUT2D eigenvalue weighted by Crippen LogP contribution is 2.29. The number of carbonyl (C=O) groups excluding carboxylic acids is 1. The van der Waals surface area contributed by atoms with Crippen LogP contribution in [0.25, 0.3) is 10.1 Å². The SMILES string of the molecule is COc1cccc(NC(=O)c2cc3cc([N+](=O)[O-])ccc3s2)c1. The van der Waals surface area contributed by atoms with Crippen LogP contribution in [0.2, 0.25) is 0 Å². The lowest BCUT2D eigenvalue weighted by molar-refractivity contribution is -0.384. The van der Waals surface area contributed by atoms with Gasteiger partial charge in [-0.1, -0.05) is 6.07 Å². The van der Waals surface area contributed by atoms with Crippen molar-refractivity contribution in [3.8, 4) is 5.75 Å². The quantitative estimate of drug-likeness (QED) is 0.578. The number of thiophene rings is 1. The smallest absolute Gasteiger partial charge is 0.270 e. The number of nitro benzene ring substituents is 1. The Morgan fingerprint density at radius 3 is 2.78 bits per heavy atom. The maximum absolute atomic E-state index is 12.3. The summed E-state index contributed by atoms with van der Waals surface area (Å²) in [5.74, 6) is 0.386. The van der Waals surface area contributed by atoms with E-state index in [1.54, 1.807) is 43.5 Å². The highest BCUT2D eigenvalue weighted by Gasteiger charge is 2.13. The van der Waals surface area contributed by atoms with Crippen molar-refractivity contribution in [2.24, 2.45) is 0 Å². The van der Waals surface area contributed by atoms with E-state index in [2.05, 4.69) is 5.32 Å². The first kappa shape index (κ1) is 15.0. The molecule has 0 fully saturated rings. The summed E-state index contributed by atoms with van der Waals surface area (Å²) in [6.07, 6.45) is 0. The van der Waals surface area contributed by atoms with Gasteiger partial charge in [-0.2, -0.15) is 0 Å². The number of hydrogen-bond donors (Lipinski definition) is 1. The number of carbonyl (C=O) groups is 1. The second-order valence-electron chi connectivity index (χ2n) is 4.78. The average molecular weight is 328 g/mol. The van der Waals surface area contributed by atoms with Gasteiger partial charge in [-0.05, 0) is 24.3 Å². The lowest BCUT2D eigenvalue weighted by atomic mass is 10.2. The molecule has 0 saturated heterocycles. The minimum Gasteiger partial charge on any atom is -0.497 e. The lowest BCUT2D eigenvalue weighted by Gasteiger charge is -2.05. The van der Waals surface area contributed by atoms with Gasteiger partial charge in [0.1, 0.15) is 5.75 Å². The summed E-state index contributed by atoms with van der Waals surface area (Å²) in [5.41, 5.74) is 0.632. The molecule has 0 spiro atoms. The van der Waals surface area contributed by atoms with Gasteiger partial charge >= 0.3 is 0 Å². The zero-order valence-electron chi connectivity index (χ0n) is 12.1. The molecule has 0 aliphatic rings. The average Bonchev–Trinajstić information content (AvgIpc) is 2.98. The third-order valence-corrected chi connectivity index (χ3v) is 4.38. The monoisotopic (exact) mass is 328 g/mol. The number of methoxy groups -OCH3 is 1. The number of fused-ring (bicyclic) bond motifs is 1. The van der Waals surface area contributed by atoms with Gasteiger partial charge in [0.2, 0.25) is 0 Å². The van der Waals surface area contributed by atoms with E-state index < -0.39 is 4.92 Å². The third-order valence-electron chi connectivity index (χ3n) is 3.26. The van der Waals surface area contributed by atoms with Crippen molar-refractivity contribution in [1.82, 2.24) is 0 Å². The number of ether oxygens (including phenoxy) is 1. The number of benzene rings is 2. The standard InChI is InChI=1S/C16H12N2O4S/c1-22-13-4-2-3-11(9-13)17-16(19)15-8-10-7-12(18(20)21)5-6-14(10)23-15/h2-9H,1H3,(H,17,19). The van der Waals surface area contributed by atoms with Crippen LogP contribution in [0.3, 0.4) is 0 Å². The summed E-state index contributed by atoms with van der Waals surface area (Å²) in [6.45, 7) is 0. The molecule has 2 aromatic carbocycles. The van der Waals surface area contributed by atoms with Gasteiger partial charge in [-0.15, -0.1) is 11.3 Å². The summed E-state index contributed by atoms with van der Waals surface area (Å²) >= 11 is 1.29. The van der Waals surface area contributed by atoms with Gasteiger partial charge in [0.25, 0.3) is 11.6 Å². The van der Waals surface area contributed by atoms with E-state index in [0.717, 1.165) is 4.70 Å². The van der Waals surface area contributed by atoms with E-state index in [1.165, 1.54) is 23.5 Å². The summed E-state index contributed by atoms with van der Waals surface area (Å²) in [6, 6.07) is 13.3. The van der Waals surface area contributed by atoms with Crippen LogP contribution in [-0.2, 0) is 0 Å². The molecule has 116 valence electrons. The van der Waals surface area contributed by atoms with Gasteiger partial charge in [0.05, 0.1) is 16.9 Å². The van der Waals surface area contributed by atoms with Crippen molar-refractivity contribution in [3.63, 3.8) is 0 Å². The fraction of sp³-hybridized carbons (Fsp3) is 0.0625. The maximum Gasteiger partial charge on any atom is 0.270 e. The Kier molecular flexibility index (Phi) is 3.94. The molecule has 0 saturated carbocycles. The fourth-order valence-corrected chi connectivity index (χ4v) is 3.09. The predicted molar refractivity (Wildman–Crippen MR) is 89.4 cm³/mol. The van der Waals surface area contributed by atoms with Crippen molar-refractivity contribution < 1.29 is 14.5 Å². The summed E-state index contributed by atoms with van der Waals surface area (Å²) < 4.78 is 5.94. The third kappa shape index (κ3) is 3.14. The minimum absolute atomic E-state index is 0.00931. The van der Waals surface area contributed by atoms with E-state index in [4.69, 9.17) is 4.74 Å². The number of nitrogens with one attached hydrogen (secondary N) is 1. The molecule has 0 unspecified atom stereocenters. The number of hydrogen-bond acceptors (Lipinski definition) is 5. The number of rotatable bonds is 4. The Morgan fingerprint density at radius 2 is 2.04 bits per heavy atom. The molecule has 1 amide bonds. The fourth-order valence-electron chi connectivity index (χ4n) is 2.15. The van der Waals surface area contributed by atoms with Crippen molar-refractivity contribution in [1.29, 1.82) is 0 Å². The van der Waals surface area contributed by atoms with Crippen LogP contribution in [-0.4, -0.2) is 17.9 Å². The van der Waals surface area contributed by atoms with Crippen LogP contribution in [0.15, 0.2) is 48.5 Å². The van der Waals surface area contributed by atoms with Gasteiger partial charge in [-0.25, -0.2) is 0 Å². The van der Waals surface area contributed by atoms with E-state index in [9.17, 15) is 14.9 Å². The number of nitrogens with zero attached hydrogens (tertiary/aromatic N) is 1. The van der Waals surface area contributed by atoms with Crippen molar-refractivity contribution in [2.75, 3.05) is 12.4 Å². The molecule has 23 heavy (non-hydrogen) atoms. The number of non-ortho nitro benzene ring substituents is 1. The van der Waals surface area contributed by atoms with Crippen LogP contribution < -0.4 is 10.1 Å². The Bertz CT molecular complexity index is 904. The molecular formula is C16H12N2O4S. The second-order valence-corrected chi connectivity index (χ2v) is 5.86. The molecule has 0 bridgehead atoms. The molecule has 3 rings (SSSR count). The van der Waals surface area contributed by atoms with Crippen LogP contribution in [0.4, 0.5) is 11.4 Å². The molecular weight excluding hydrogens is 316 g/mol. The Balaban J connectivity index is 1.87. The second kappa shape index (κ2) is 6.05. The summed E-state index contributed by atoms with van der Waals surface area (Å²) in [5, 5.41) is 14.3. The van der Waals surface area contributed by atoms with Gasteiger partial charge < -0.3 is 10.1 Å². The molecule has 0 radical (unpaired) electrons.